The minimum Gasteiger partial charge on any atom is -0.376 e. The van der Waals surface area contributed by atoms with Gasteiger partial charge in [-0.2, -0.15) is 0 Å². The third-order valence-electron chi connectivity index (χ3n) is 3.10. The van der Waals surface area contributed by atoms with Crippen molar-refractivity contribution in [3.8, 4) is 0 Å². The number of carbonyl (C=O) groups excluding carboxylic acids is 1. The van der Waals surface area contributed by atoms with E-state index < -0.39 is 6.10 Å². The van der Waals surface area contributed by atoms with E-state index in [1.165, 1.54) is 0 Å². The van der Waals surface area contributed by atoms with Crippen molar-refractivity contribution in [3.63, 3.8) is 0 Å². The van der Waals surface area contributed by atoms with Gasteiger partial charge < -0.3 is 14.8 Å². The summed E-state index contributed by atoms with van der Waals surface area (Å²) in [6.45, 7) is 1.36. The average Bonchev–Trinajstić information content (AvgIpc) is 2.92. The van der Waals surface area contributed by atoms with E-state index in [-0.39, 0.29) is 12.0 Å². The van der Waals surface area contributed by atoms with Crippen molar-refractivity contribution in [2.24, 2.45) is 0 Å². The van der Waals surface area contributed by atoms with Crippen molar-refractivity contribution in [1.29, 1.82) is 0 Å². The molecule has 1 saturated heterocycles. The Morgan fingerprint density at radius 3 is 2.89 bits per heavy atom. The highest BCUT2D eigenvalue weighted by Gasteiger charge is 2.22. The largest absolute Gasteiger partial charge is 0.376 e. The van der Waals surface area contributed by atoms with E-state index >= 15 is 0 Å². The summed E-state index contributed by atoms with van der Waals surface area (Å²) in [4.78, 5) is 12.0. The van der Waals surface area contributed by atoms with Gasteiger partial charge in [-0.1, -0.05) is 30.3 Å². The molecule has 0 radical (unpaired) electrons. The molecule has 4 heteroatoms. The van der Waals surface area contributed by atoms with Gasteiger partial charge in [0.05, 0.1) is 6.10 Å². The van der Waals surface area contributed by atoms with Crippen LogP contribution in [-0.2, 0) is 14.3 Å². The molecule has 0 saturated carbocycles. The van der Waals surface area contributed by atoms with Crippen LogP contribution in [0.5, 0.6) is 0 Å². The maximum absolute atomic E-state index is 12.0. The predicted octanol–water partition coefficient (Wildman–Crippen LogP) is 1.67. The molecule has 0 bridgehead atoms. The summed E-state index contributed by atoms with van der Waals surface area (Å²) in [5.74, 6) is -0.112. The summed E-state index contributed by atoms with van der Waals surface area (Å²) in [6.07, 6.45) is 1.70. The quantitative estimate of drug-likeness (QED) is 0.863. The number of hydrogen-bond donors (Lipinski definition) is 1. The topological polar surface area (TPSA) is 47.6 Å². The molecule has 1 aromatic carbocycles. The van der Waals surface area contributed by atoms with Crippen LogP contribution in [0.3, 0.4) is 0 Å². The first kappa shape index (κ1) is 13.1. The molecule has 1 fully saturated rings. The molecule has 1 aliphatic heterocycles. The fraction of sp³-hybridized carbons (Fsp3) is 0.500. The molecule has 0 spiro atoms. The molecule has 1 heterocycles. The Balaban J connectivity index is 1.89. The lowest BCUT2D eigenvalue weighted by Gasteiger charge is -2.17. The zero-order valence-corrected chi connectivity index (χ0v) is 10.6. The van der Waals surface area contributed by atoms with Crippen LogP contribution in [0.4, 0.5) is 0 Å². The van der Waals surface area contributed by atoms with Gasteiger partial charge in [-0.25, -0.2) is 0 Å². The van der Waals surface area contributed by atoms with Crippen LogP contribution in [-0.4, -0.2) is 32.3 Å². The number of amides is 1. The van der Waals surface area contributed by atoms with Crippen LogP contribution >= 0.6 is 0 Å². The van der Waals surface area contributed by atoms with Gasteiger partial charge in [-0.3, -0.25) is 4.79 Å². The zero-order chi connectivity index (χ0) is 12.8. The first-order chi connectivity index (χ1) is 8.81. The number of benzene rings is 1. The SMILES string of the molecule is CO[C@H](C(=O)NC[C@H]1CCCO1)c1ccccc1. The number of nitrogens with one attached hydrogen (secondary N) is 1. The maximum Gasteiger partial charge on any atom is 0.253 e. The van der Waals surface area contributed by atoms with E-state index in [1.54, 1.807) is 7.11 Å². The fourth-order valence-corrected chi connectivity index (χ4v) is 2.13. The second kappa shape index (κ2) is 6.52. The summed E-state index contributed by atoms with van der Waals surface area (Å²) in [5, 5.41) is 2.89. The molecule has 2 rings (SSSR count). The van der Waals surface area contributed by atoms with E-state index in [2.05, 4.69) is 5.32 Å². The van der Waals surface area contributed by atoms with E-state index in [9.17, 15) is 4.79 Å². The third-order valence-corrected chi connectivity index (χ3v) is 3.10. The molecule has 0 aromatic heterocycles. The van der Waals surface area contributed by atoms with E-state index in [0.717, 1.165) is 25.0 Å². The summed E-state index contributed by atoms with van der Waals surface area (Å²) < 4.78 is 10.7. The highest BCUT2D eigenvalue weighted by atomic mass is 16.5. The van der Waals surface area contributed by atoms with E-state index in [0.29, 0.717) is 6.54 Å². The molecule has 4 nitrogen and oxygen atoms in total. The Morgan fingerprint density at radius 2 is 2.28 bits per heavy atom. The first-order valence-corrected chi connectivity index (χ1v) is 6.28. The van der Waals surface area contributed by atoms with Crippen LogP contribution in [0.15, 0.2) is 30.3 Å². The van der Waals surface area contributed by atoms with Gasteiger partial charge in [0.25, 0.3) is 5.91 Å². The predicted molar refractivity (Wildman–Crippen MR) is 68.2 cm³/mol. The summed E-state index contributed by atoms with van der Waals surface area (Å²) in [5.41, 5.74) is 0.866. The normalized spacial score (nSPS) is 20.6. The Bertz CT molecular complexity index is 374. The summed E-state index contributed by atoms with van der Waals surface area (Å²) in [7, 11) is 1.54. The van der Waals surface area contributed by atoms with Crippen LogP contribution in [0.1, 0.15) is 24.5 Å². The van der Waals surface area contributed by atoms with Crippen LogP contribution in [0.25, 0.3) is 0 Å². The van der Waals surface area contributed by atoms with Crippen LogP contribution in [0.2, 0.25) is 0 Å². The van der Waals surface area contributed by atoms with Gasteiger partial charge in [0, 0.05) is 20.3 Å². The second-order valence-corrected chi connectivity index (χ2v) is 4.41. The van der Waals surface area contributed by atoms with E-state index in [1.807, 2.05) is 30.3 Å². The smallest absolute Gasteiger partial charge is 0.253 e. The van der Waals surface area contributed by atoms with Crippen molar-refractivity contribution < 1.29 is 14.3 Å². The summed E-state index contributed by atoms with van der Waals surface area (Å²) in [6, 6.07) is 9.49. The van der Waals surface area contributed by atoms with E-state index in [4.69, 9.17) is 9.47 Å². The Hall–Kier alpha value is -1.39. The molecular formula is C14H19NO3. The third kappa shape index (κ3) is 3.31. The lowest BCUT2D eigenvalue weighted by atomic mass is 10.1. The number of methoxy groups -OCH3 is 1. The minimum atomic E-state index is -0.549. The Morgan fingerprint density at radius 1 is 1.50 bits per heavy atom. The van der Waals surface area contributed by atoms with Gasteiger partial charge in [-0.15, -0.1) is 0 Å². The van der Waals surface area contributed by atoms with Gasteiger partial charge in [0.15, 0.2) is 6.10 Å². The highest BCUT2D eigenvalue weighted by molar-refractivity contribution is 5.82. The lowest BCUT2D eigenvalue weighted by molar-refractivity contribution is -0.131. The van der Waals surface area contributed by atoms with Crippen molar-refractivity contribution in [3.05, 3.63) is 35.9 Å². The Kier molecular flexibility index (Phi) is 4.73. The molecule has 1 amide bonds. The standard InChI is InChI=1S/C14H19NO3/c1-17-13(11-6-3-2-4-7-11)14(16)15-10-12-8-5-9-18-12/h2-4,6-7,12-13H,5,8-10H2,1H3,(H,15,16)/t12-,13+/m1/s1. The first-order valence-electron chi connectivity index (χ1n) is 6.28. The van der Waals surface area contributed by atoms with Crippen molar-refractivity contribution >= 4 is 5.91 Å². The van der Waals surface area contributed by atoms with Crippen molar-refractivity contribution in [2.45, 2.75) is 25.0 Å². The molecule has 18 heavy (non-hydrogen) atoms. The van der Waals surface area contributed by atoms with Crippen LogP contribution < -0.4 is 5.32 Å². The van der Waals surface area contributed by atoms with Gasteiger partial charge in [0.2, 0.25) is 0 Å². The van der Waals surface area contributed by atoms with Gasteiger partial charge in [-0.05, 0) is 18.4 Å². The molecule has 98 valence electrons. The monoisotopic (exact) mass is 249 g/mol. The summed E-state index contributed by atoms with van der Waals surface area (Å²) >= 11 is 0. The lowest BCUT2D eigenvalue weighted by Crippen LogP contribution is -2.35. The second-order valence-electron chi connectivity index (χ2n) is 4.41. The fourth-order valence-electron chi connectivity index (χ4n) is 2.13. The van der Waals surface area contributed by atoms with Crippen molar-refractivity contribution in [1.82, 2.24) is 5.32 Å². The maximum atomic E-state index is 12.0. The number of hydrogen-bond acceptors (Lipinski definition) is 3. The van der Waals surface area contributed by atoms with Crippen LogP contribution in [0, 0.1) is 0 Å². The molecule has 1 aromatic rings. The number of ether oxygens (including phenoxy) is 2. The zero-order valence-electron chi connectivity index (χ0n) is 10.6. The molecule has 2 atom stereocenters. The van der Waals surface area contributed by atoms with Crippen molar-refractivity contribution in [2.75, 3.05) is 20.3 Å². The minimum absolute atomic E-state index is 0.112. The number of rotatable bonds is 5. The number of carbonyl (C=O) groups is 1. The average molecular weight is 249 g/mol. The Labute approximate surface area is 107 Å². The highest BCUT2D eigenvalue weighted by Crippen LogP contribution is 2.17. The molecular weight excluding hydrogens is 230 g/mol. The molecule has 0 unspecified atom stereocenters. The van der Waals surface area contributed by atoms with Gasteiger partial charge >= 0.3 is 0 Å². The van der Waals surface area contributed by atoms with Gasteiger partial charge in [0.1, 0.15) is 0 Å². The molecule has 1 aliphatic rings. The molecule has 1 N–H and O–H groups in total. The molecule has 0 aliphatic carbocycles.